The molecule has 3 atom stereocenters. The van der Waals surface area contributed by atoms with Gasteiger partial charge in [-0.2, -0.15) is 0 Å². The fraction of sp³-hybridized carbons (Fsp3) is 0.889. The largest absolute Gasteiger partial charge is 0.314 e. The molecule has 114 valence electrons. The van der Waals surface area contributed by atoms with Gasteiger partial charge in [-0.05, 0) is 76.8 Å². The second-order valence-electron chi connectivity index (χ2n) is 7.07. The molecule has 1 aliphatic heterocycles. The minimum Gasteiger partial charge on any atom is -0.314 e. The van der Waals surface area contributed by atoms with Gasteiger partial charge in [-0.15, -0.1) is 0 Å². The smallest absolute Gasteiger partial charge is 0.0111 e. The first-order chi connectivity index (χ1) is 9.93. The third-order valence-corrected chi connectivity index (χ3v) is 5.67. The highest BCUT2D eigenvalue weighted by Crippen LogP contribution is 2.30. The van der Waals surface area contributed by atoms with Crippen molar-refractivity contribution in [2.45, 2.75) is 82.7 Å². The van der Waals surface area contributed by atoms with Gasteiger partial charge in [0.05, 0.1) is 0 Å². The molecule has 3 unspecified atom stereocenters. The van der Waals surface area contributed by atoms with E-state index in [4.69, 9.17) is 0 Å². The minimum absolute atomic E-state index is 0.781. The Morgan fingerprint density at radius 1 is 1.05 bits per heavy atom. The normalized spacial score (nSPS) is 35.0. The fourth-order valence-corrected chi connectivity index (χ4v) is 4.52. The lowest BCUT2D eigenvalue weighted by molar-refractivity contribution is 0.215. The molecule has 0 bridgehead atoms. The van der Waals surface area contributed by atoms with E-state index in [1.54, 1.807) is 5.57 Å². The second-order valence-corrected chi connectivity index (χ2v) is 7.07. The monoisotopic (exact) mass is 276 g/mol. The number of hydrogen-bond donors (Lipinski definition) is 2. The average Bonchev–Trinajstić information content (AvgIpc) is 3.03. The van der Waals surface area contributed by atoms with Crippen molar-refractivity contribution in [3.63, 3.8) is 0 Å². The van der Waals surface area contributed by atoms with Crippen LogP contribution in [0.25, 0.3) is 0 Å². The van der Waals surface area contributed by atoms with Crippen LogP contribution in [-0.2, 0) is 0 Å². The third-order valence-electron chi connectivity index (χ3n) is 5.67. The molecule has 1 saturated carbocycles. The van der Waals surface area contributed by atoms with Gasteiger partial charge in [0, 0.05) is 12.1 Å². The summed E-state index contributed by atoms with van der Waals surface area (Å²) in [4.78, 5) is 0. The fourth-order valence-electron chi connectivity index (χ4n) is 4.52. The minimum atomic E-state index is 0.781. The molecule has 0 aromatic rings. The first-order valence-corrected chi connectivity index (χ1v) is 9.08. The first-order valence-electron chi connectivity index (χ1n) is 9.08. The van der Waals surface area contributed by atoms with Crippen LogP contribution in [0.2, 0.25) is 0 Å². The number of rotatable bonds is 5. The van der Waals surface area contributed by atoms with Gasteiger partial charge in [-0.3, -0.25) is 0 Å². The van der Waals surface area contributed by atoms with Crippen LogP contribution in [0.15, 0.2) is 11.6 Å². The van der Waals surface area contributed by atoms with E-state index in [1.165, 1.54) is 83.7 Å². The maximum absolute atomic E-state index is 3.92. The van der Waals surface area contributed by atoms with Crippen LogP contribution in [-0.4, -0.2) is 25.2 Å². The lowest BCUT2D eigenvalue weighted by Crippen LogP contribution is -2.47. The van der Waals surface area contributed by atoms with Gasteiger partial charge in [0.1, 0.15) is 0 Å². The van der Waals surface area contributed by atoms with E-state index >= 15 is 0 Å². The van der Waals surface area contributed by atoms with Gasteiger partial charge >= 0.3 is 0 Å². The van der Waals surface area contributed by atoms with Crippen LogP contribution in [0.1, 0.15) is 70.6 Å². The Morgan fingerprint density at radius 3 is 2.80 bits per heavy atom. The van der Waals surface area contributed by atoms with Crippen molar-refractivity contribution in [1.82, 2.24) is 10.6 Å². The molecule has 20 heavy (non-hydrogen) atoms. The number of nitrogens with one attached hydrogen (secondary N) is 2. The lowest BCUT2D eigenvalue weighted by atomic mass is 9.79. The Morgan fingerprint density at radius 2 is 2.00 bits per heavy atom. The molecule has 3 rings (SSSR count). The van der Waals surface area contributed by atoms with E-state index in [0.717, 1.165) is 18.0 Å². The van der Waals surface area contributed by atoms with Gasteiger partial charge in [-0.25, -0.2) is 0 Å². The van der Waals surface area contributed by atoms with Crippen LogP contribution in [0, 0.1) is 5.92 Å². The van der Waals surface area contributed by atoms with Crippen molar-refractivity contribution in [1.29, 1.82) is 0 Å². The Hall–Kier alpha value is -0.340. The van der Waals surface area contributed by atoms with Crippen molar-refractivity contribution >= 4 is 0 Å². The molecule has 0 aromatic heterocycles. The predicted octanol–water partition coefficient (Wildman–Crippen LogP) is 3.78. The van der Waals surface area contributed by atoms with E-state index in [1.807, 2.05) is 0 Å². The summed E-state index contributed by atoms with van der Waals surface area (Å²) in [6.07, 6.45) is 17.8. The summed E-state index contributed by atoms with van der Waals surface area (Å²) >= 11 is 0. The Kier molecular flexibility index (Phi) is 5.55. The summed E-state index contributed by atoms with van der Waals surface area (Å²) < 4.78 is 0. The molecular weight excluding hydrogens is 244 g/mol. The number of hydrogen-bond acceptors (Lipinski definition) is 2. The molecule has 0 amide bonds. The van der Waals surface area contributed by atoms with Gasteiger partial charge in [0.25, 0.3) is 0 Å². The maximum Gasteiger partial charge on any atom is 0.0111 e. The predicted molar refractivity (Wildman–Crippen MR) is 85.9 cm³/mol. The number of allylic oxidation sites excluding steroid dienone is 1. The van der Waals surface area contributed by atoms with E-state index < -0.39 is 0 Å². The summed E-state index contributed by atoms with van der Waals surface area (Å²) in [5.41, 5.74) is 1.72. The third kappa shape index (κ3) is 3.85. The molecule has 0 radical (unpaired) electrons. The summed E-state index contributed by atoms with van der Waals surface area (Å²) in [6.45, 7) is 2.46. The van der Waals surface area contributed by atoms with Crippen molar-refractivity contribution in [2.24, 2.45) is 5.92 Å². The zero-order valence-corrected chi connectivity index (χ0v) is 13.0. The Bertz CT molecular complexity index is 317. The summed E-state index contributed by atoms with van der Waals surface area (Å²) in [7, 11) is 0. The van der Waals surface area contributed by atoms with E-state index in [9.17, 15) is 0 Å². The van der Waals surface area contributed by atoms with Gasteiger partial charge < -0.3 is 10.6 Å². The molecule has 0 aromatic carbocycles. The quantitative estimate of drug-likeness (QED) is 0.747. The maximum atomic E-state index is 3.92. The molecular formula is C18H32N2. The zero-order chi connectivity index (χ0) is 13.6. The molecule has 2 N–H and O–H groups in total. The van der Waals surface area contributed by atoms with E-state index in [-0.39, 0.29) is 0 Å². The Labute approximate surface area is 124 Å². The van der Waals surface area contributed by atoms with Gasteiger partial charge in [-0.1, -0.05) is 24.5 Å². The van der Waals surface area contributed by atoms with Crippen LogP contribution in [0.4, 0.5) is 0 Å². The standard InChI is InChI=1S/C18H32N2/c1-2-7-15(8-3-1)12-14-20-17-10-5-4-9-16(17)18-11-6-13-19-18/h7,16-20H,1-6,8-14H2. The van der Waals surface area contributed by atoms with E-state index in [2.05, 4.69) is 16.7 Å². The summed E-state index contributed by atoms with van der Waals surface area (Å²) in [5, 5.41) is 7.66. The molecule has 1 heterocycles. The van der Waals surface area contributed by atoms with Crippen molar-refractivity contribution < 1.29 is 0 Å². The van der Waals surface area contributed by atoms with Crippen molar-refractivity contribution in [3.05, 3.63) is 11.6 Å². The molecule has 2 nitrogen and oxygen atoms in total. The molecule has 0 spiro atoms. The SMILES string of the molecule is C1=C(CCNC2CCCCC2C2CCCN2)CCCC1. The highest BCUT2D eigenvalue weighted by molar-refractivity contribution is 5.05. The van der Waals surface area contributed by atoms with Crippen LogP contribution >= 0.6 is 0 Å². The first kappa shape index (κ1) is 14.6. The van der Waals surface area contributed by atoms with Crippen LogP contribution in [0.5, 0.6) is 0 Å². The van der Waals surface area contributed by atoms with Crippen molar-refractivity contribution in [3.8, 4) is 0 Å². The zero-order valence-electron chi connectivity index (χ0n) is 13.0. The second kappa shape index (κ2) is 7.61. The van der Waals surface area contributed by atoms with Crippen LogP contribution < -0.4 is 10.6 Å². The summed E-state index contributed by atoms with van der Waals surface area (Å²) in [5.74, 6) is 0.895. The van der Waals surface area contributed by atoms with Gasteiger partial charge in [0.2, 0.25) is 0 Å². The van der Waals surface area contributed by atoms with Gasteiger partial charge in [0.15, 0.2) is 0 Å². The molecule has 2 heteroatoms. The molecule has 3 aliphatic rings. The van der Waals surface area contributed by atoms with E-state index in [0.29, 0.717) is 0 Å². The van der Waals surface area contributed by atoms with Crippen molar-refractivity contribution in [2.75, 3.05) is 13.1 Å². The molecule has 1 saturated heterocycles. The molecule has 2 aliphatic carbocycles. The topological polar surface area (TPSA) is 24.1 Å². The average molecular weight is 276 g/mol. The summed E-state index contributed by atoms with van der Waals surface area (Å²) in [6, 6.07) is 1.59. The highest BCUT2D eigenvalue weighted by atomic mass is 15.0. The highest BCUT2D eigenvalue weighted by Gasteiger charge is 2.32. The van der Waals surface area contributed by atoms with Crippen LogP contribution in [0.3, 0.4) is 0 Å². The molecule has 2 fully saturated rings. The Balaban J connectivity index is 1.45. The lowest BCUT2D eigenvalue weighted by Gasteiger charge is -2.36.